The zero-order valence-corrected chi connectivity index (χ0v) is 17.9. The third-order valence-electron chi connectivity index (χ3n) is 4.22. The second-order valence-electron chi connectivity index (χ2n) is 6.73. The van der Waals surface area contributed by atoms with Crippen molar-refractivity contribution in [2.45, 2.75) is 20.0 Å². The van der Waals surface area contributed by atoms with Gasteiger partial charge >= 0.3 is 0 Å². The van der Waals surface area contributed by atoms with E-state index < -0.39 is 11.7 Å². The zero-order valence-electron chi connectivity index (χ0n) is 17.1. The van der Waals surface area contributed by atoms with E-state index in [2.05, 4.69) is 5.32 Å². The van der Waals surface area contributed by atoms with Gasteiger partial charge in [-0.2, -0.15) is 0 Å². The molecule has 7 heteroatoms. The van der Waals surface area contributed by atoms with E-state index >= 15 is 0 Å². The molecule has 0 saturated carbocycles. The fraction of sp³-hybridized carbons (Fsp3) is 0.208. The lowest BCUT2D eigenvalue weighted by atomic mass is 10.1. The van der Waals surface area contributed by atoms with Gasteiger partial charge in [0.05, 0.1) is 10.6 Å². The van der Waals surface area contributed by atoms with Gasteiger partial charge in [-0.1, -0.05) is 37.3 Å². The molecule has 1 aliphatic rings. The van der Waals surface area contributed by atoms with Gasteiger partial charge in [-0.15, -0.1) is 11.8 Å². The van der Waals surface area contributed by atoms with E-state index in [1.165, 1.54) is 17.8 Å². The first-order chi connectivity index (χ1) is 15.0. The Morgan fingerprint density at radius 1 is 0.903 bits per heavy atom. The van der Waals surface area contributed by atoms with Crippen LogP contribution in [0.4, 0.5) is 0 Å². The van der Waals surface area contributed by atoms with Crippen molar-refractivity contribution in [2.24, 2.45) is 0 Å². The normalized spacial score (nSPS) is 13.3. The molecule has 0 atom stereocenters. The molecule has 6 nitrogen and oxygen atoms in total. The average molecular weight is 438 g/mol. The van der Waals surface area contributed by atoms with Crippen LogP contribution in [0.2, 0.25) is 0 Å². The first-order valence-electron chi connectivity index (χ1n) is 9.89. The number of amides is 1. The largest absolute Gasteiger partial charge is 0.489 e. The van der Waals surface area contributed by atoms with Crippen molar-refractivity contribution < 1.29 is 23.9 Å². The molecule has 0 unspecified atom stereocenters. The maximum absolute atomic E-state index is 12.1. The maximum atomic E-state index is 12.1. The summed E-state index contributed by atoms with van der Waals surface area (Å²) in [4.78, 5) is 36.7. The minimum absolute atomic E-state index is 0.0379. The summed E-state index contributed by atoms with van der Waals surface area (Å²) in [6.45, 7) is 2.16. The van der Waals surface area contributed by atoms with E-state index in [1.54, 1.807) is 24.3 Å². The van der Waals surface area contributed by atoms with Gasteiger partial charge in [0.25, 0.3) is 5.91 Å². The second kappa shape index (κ2) is 11.2. The van der Waals surface area contributed by atoms with E-state index in [0.717, 1.165) is 23.8 Å². The van der Waals surface area contributed by atoms with E-state index in [4.69, 9.17) is 9.47 Å². The fourth-order valence-corrected chi connectivity index (χ4v) is 3.49. The summed E-state index contributed by atoms with van der Waals surface area (Å²) in [6, 6.07) is 16.7. The molecule has 160 valence electrons. The van der Waals surface area contributed by atoms with Gasteiger partial charge in [0, 0.05) is 12.2 Å². The van der Waals surface area contributed by atoms with Crippen molar-refractivity contribution in [3.05, 3.63) is 82.9 Å². The SMILES string of the molecule is CCCSC1=CC(=O)C(NC(=O)COc2ccc(OCc3ccccc3)cc2)=CC1=O. The molecule has 1 amide bonds. The summed E-state index contributed by atoms with van der Waals surface area (Å²) in [6.07, 6.45) is 3.33. The molecule has 0 bridgehead atoms. The Balaban J connectivity index is 1.45. The number of carbonyl (C=O) groups excluding carboxylic acids is 3. The van der Waals surface area contributed by atoms with Gasteiger partial charge in [0.15, 0.2) is 12.4 Å². The molecule has 3 rings (SSSR count). The van der Waals surface area contributed by atoms with Crippen LogP contribution in [0.1, 0.15) is 18.9 Å². The number of rotatable bonds is 10. The Kier molecular flexibility index (Phi) is 8.06. The first kappa shape index (κ1) is 22.4. The Morgan fingerprint density at radius 2 is 1.58 bits per heavy atom. The van der Waals surface area contributed by atoms with E-state index in [1.807, 2.05) is 37.3 Å². The van der Waals surface area contributed by atoms with E-state index in [0.29, 0.717) is 23.0 Å². The topological polar surface area (TPSA) is 81.7 Å². The summed E-state index contributed by atoms with van der Waals surface area (Å²) in [7, 11) is 0. The lowest BCUT2D eigenvalue weighted by Crippen LogP contribution is -2.33. The summed E-state index contributed by atoms with van der Waals surface area (Å²) in [5.74, 6) is 0.729. The van der Waals surface area contributed by atoms with Gasteiger partial charge < -0.3 is 14.8 Å². The van der Waals surface area contributed by atoms with E-state index in [-0.39, 0.29) is 18.1 Å². The van der Waals surface area contributed by atoms with Crippen LogP contribution in [-0.4, -0.2) is 29.8 Å². The Hall–Kier alpha value is -3.32. The van der Waals surface area contributed by atoms with Crippen molar-refractivity contribution >= 4 is 29.2 Å². The standard InChI is InChI=1S/C24H23NO5S/c1-2-12-31-23-14-21(26)20(13-22(23)27)25-24(28)16-30-19-10-8-18(9-11-19)29-15-17-6-4-3-5-7-17/h3-11,13-14H,2,12,15-16H2,1H3,(H,25,28). The van der Waals surface area contributed by atoms with Crippen LogP contribution in [0, 0.1) is 0 Å². The van der Waals surface area contributed by atoms with Gasteiger partial charge in [0.2, 0.25) is 5.78 Å². The van der Waals surface area contributed by atoms with Gasteiger partial charge in [-0.05, 0) is 42.0 Å². The van der Waals surface area contributed by atoms with Gasteiger partial charge in [-0.25, -0.2) is 0 Å². The Labute approximate surface area is 185 Å². The first-order valence-corrected chi connectivity index (χ1v) is 10.9. The third kappa shape index (κ3) is 6.86. The molecule has 0 spiro atoms. The quantitative estimate of drug-likeness (QED) is 0.569. The van der Waals surface area contributed by atoms with Gasteiger partial charge in [0.1, 0.15) is 18.1 Å². The summed E-state index contributed by atoms with van der Waals surface area (Å²) in [5.41, 5.74) is 1.03. The fourth-order valence-electron chi connectivity index (χ4n) is 2.67. The molecule has 1 aliphatic carbocycles. The molecule has 2 aromatic carbocycles. The molecule has 0 fully saturated rings. The maximum Gasteiger partial charge on any atom is 0.262 e. The van der Waals surface area contributed by atoms with Crippen molar-refractivity contribution in [2.75, 3.05) is 12.4 Å². The van der Waals surface area contributed by atoms with Crippen LogP contribution < -0.4 is 14.8 Å². The average Bonchev–Trinajstić information content (AvgIpc) is 2.79. The van der Waals surface area contributed by atoms with Crippen molar-refractivity contribution in [3.8, 4) is 11.5 Å². The molecule has 0 aromatic heterocycles. The lowest BCUT2D eigenvalue weighted by molar-refractivity contribution is -0.124. The highest BCUT2D eigenvalue weighted by Crippen LogP contribution is 2.23. The van der Waals surface area contributed by atoms with Crippen molar-refractivity contribution in [1.29, 1.82) is 0 Å². The Bertz CT molecular complexity index is 996. The van der Waals surface area contributed by atoms with Crippen LogP contribution in [0.3, 0.4) is 0 Å². The molecular weight excluding hydrogens is 414 g/mol. The number of ether oxygens (including phenoxy) is 2. The van der Waals surface area contributed by atoms with Crippen molar-refractivity contribution in [1.82, 2.24) is 5.32 Å². The molecule has 0 heterocycles. The molecule has 0 radical (unpaired) electrons. The number of hydrogen-bond donors (Lipinski definition) is 1. The summed E-state index contributed by atoms with van der Waals surface area (Å²) < 4.78 is 11.2. The molecular formula is C24H23NO5S. The summed E-state index contributed by atoms with van der Waals surface area (Å²) in [5, 5.41) is 2.44. The van der Waals surface area contributed by atoms with Crippen molar-refractivity contribution in [3.63, 3.8) is 0 Å². The smallest absolute Gasteiger partial charge is 0.262 e. The molecule has 0 aliphatic heterocycles. The Morgan fingerprint density at radius 3 is 2.26 bits per heavy atom. The lowest BCUT2D eigenvalue weighted by Gasteiger charge is -2.13. The number of benzene rings is 2. The molecule has 31 heavy (non-hydrogen) atoms. The summed E-state index contributed by atoms with van der Waals surface area (Å²) >= 11 is 1.34. The number of carbonyl (C=O) groups is 3. The number of hydrogen-bond acceptors (Lipinski definition) is 6. The van der Waals surface area contributed by atoms with Crippen LogP contribution in [0.15, 0.2) is 77.4 Å². The number of allylic oxidation sites excluding steroid dienone is 3. The minimum atomic E-state index is -0.519. The minimum Gasteiger partial charge on any atom is -0.489 e. The number of ketones is 2. The van der Waals surface area contributed by atoms with Crippen LogP contribution in [-0.2, 0) is 21.0 Å². The highest BCUT2D eigenvalue weighted by atomic mass is 32.2. The molecule has 2 aromatic rings. The third-order valence-corrected chi connectivity index (χ3v) is 5.47. The predicted molar refractivity (Wildman–Crippen MR) is 120 cm³/mol. The molecule has 0 saturated heterocycles. The predicted octanol–water partition coefficient (Wildman–Crippen LogP) is 3.82. The van der Waals surface area contributed by atoms with E-state index in [9.17, 15) is 14.4 Å². The second-order valence-corrected chi connectivity index (χ2v) is 7.86. The number of thioether (sulfide) groups is 1. The highest BCUT2D eigenvalue weighted by Gasteiger charge is 2.22. The van der Waals surface area contributed by atoms with Crippen LogP contribution in [0.25, 0.3) is 0 Å². The molecule has 1 N–H and O–H groups in total. The van der Waals surface area contributed by atoms with Crippen LogP contribution >= 0.6 is 11.8 Å². The monoisotopic (exact) mass is 437 g/mol. The zero-order chi connectivity index (χ0) is 22.1. The van der Waals surface area contributed by atoms with Crippen LogP contribution in [0.5, 0.6) is 11.5 Å². The van der Waals surface area contributed by atoms with Gasteiger partial charge in [-0.3, -0.25) is 14.4 Å². The number of nitrogens with one attached hydrogen (secondary N) is 1. The highest BCUT2D eigenvalue weighted by molar-refractivity contribution is 8.04.